The number of nitrogens with zero attached hydrogens (tertiary/aromatic N) is 1. The van der Waals surface area contributed by atoms with Crippen LogP contribution in [0.2, 0.25) is 0 Å². The van der Waals surface area contributed by atoms with Gasteiger partial charge >= 0.3 is 0 Å². The van der Waals surface area contributed by atoms with Gasteiger partial charge in [-0.3, -0.25) is 4.90 Å². The van der Waals surface area contributed by atoms with Gasteiger partial charge in [0.15, 0.2) is 17.2 Å². The Bertz CT molecular complexity index is 1000. The van der Waals surface area contributed by atoms with Crippen molar-refractivity contribution < 1.29 is 24.1 Å². The fraction of sp³-hybridized carbons (Fsp3) is 0.520. The predicted octanol–water partition coefficient (Wildman–Crippen LogP) is 4.64. The number of methoxy groups -OCH3 is 1. The van der Waals surface area contributed by atoms with E-state index in [-0.39, 0.29) is 30.1 Å². The highest BCUT2D eigenvalue weighted by Crippen LogP contribution is 2.58. The maximum absolute atomic E-state index is 11.0. The highest BCUT2D eigenvalue weighted by Gasteiger charge is 2.55. The van der Waals surface area contributed by atoms with E-state index in [1.807, 2.05) is 18.2 Å². The van der Waals surface area contributed by atoms with Gasteiger partial charge in [-0.1, -0.05) is 12.5 Å². The van der Waals surface area contributed by atoms with Crippen LogP contribution in [-0.4, -0.2) is 42.7 Å². The average molecular weight is 424 g/mol. The van der Waals surface area contributed by atoms with E-state index in [1.54, 1.807) is 13.2 Å². The molecule has 1 saturated heterocycles. The number of ether oxygens (including phenoxy) is 4. The van der Waals surface area contributed by atoms with Gasteiger partial charge in [-0.25, -0.2) is 0 Å². The van der Waals surface area contributed by atoms with Crippen LogP contribution in [0.15, 0.2) is 30.3 Å². The zero-order chi connectivity index (χ0) is 21.0. The first kappa shape index (κ1) is 19.1. The number of aromatic hydroxyl groups is 1. The van der Waals surface area contributed by atoms with Gasteiger partial charge in [0.25, 0.3) is 0 Å². The largest absolute Gasteiger partial charge is 0.508 e. The highest BCUT2D eigenvalue weighted by atomic mass is 16.7. The van der Waals surface area contributed by atoms with Gasteiger partial charge in [0.1, 0.15) is 17.2 Å². The second kappa shape index (κ2) is 7.23. The summed E-state index contributed by atoms with van der Waals surface area (Å²) in [7, 11) is 1.62. The van der Waals surface area contributed by atoms with Crippen molar-refractivity contribution in [3.63, 3.8) is 0 Å². The molecule has 3 unspecified atom stereocenters. The number of phenolic OH excluding ortho intramolecular Hbond substituents is 1. The molecule has 1 saturated carbocycles. The lowest BCUT2D eigenvalue weighted by molar-refractivity contribution is -0.154. The molecular weight excluding hydrogens is 394 g/mol. The van der Waals surface area contributed by atoms with Crippen LogP contribution in [0, 0.1) is 5.92 Å². The van der Waals surface area contributed by atoms with E-state index in [2.05, 4.69) is 11.0 Å². The van der Waals surface area contributed by atoms with Crippen molar-refractivity contribution in [2.24, 2.45) is 5.92 Å². The van der Waals surface area contributed by atoms with E-state index in [1.165, 1.54) is 19.3 Å². The van der Waals surface area contributed by atoms with Crippen molar-refractivity contribution in [2.75, 3.05) is 27.0 Å². The molecule has 6 rings (SSSR count). The lowest BCUT2D eigenvalue weighted by atomic mass is 9.66. The molecule has 2 fully saturated rings. The van der Waals surface area contributed by atoms with Crippen molar-refractivity contribution >= 4 is 0 Å². The average Bonchev–Trinajstić information content (AvgIpc) is 3.48. The van der Waals surface area contributed by atoms with Crippen LogP contribution in [0.4, 0.5) is 0 Å². The molecule has 6 heteroatoms. The normalized spacial score (nSPS) is 29.2. The zero-order valence-corrected chi connectivity index (χ0v) is 17.9. The molecule has 0 bridgehead atoms. The maximum atomic E-state index is 11.0. The van der Waals surface area contributed by atoms with E-state index >= 15 is 0 Å². The highest BCUT2D eigenvalue weighted by molar-refractivity contribution is 5.58. The minimum Gasteiger partial charge on any atom is -0.508 e. The SMILES string of the molecule is COc1ccc(C2c3cc4c(cc3OC3(N5CCCC5)CCCCC23)OCO4)c(O)c1. The standard InChI is InChI=1S/C25H29NO5/c1-28-16-7-8-17(20(27)12-16)24-18-13-22-23(30-15-29-22)14-21(18)31-25(26-10-4-5-11-26)9-3-2-6-19(24)25/h7-8,12-14,19,24,27H,2-6,9-11,15H2,1H3. The molecule has 3 atom stereocenters. The van der Waals surface area contributed by atoms with E-state index in [4.69, 9.17) is 18.9 Å². The zero-order valence-electron chi connectivity index (χ0n) is 17.9. The maximum Gasteiger partial charge on any atom is 0.231 e. The lowest BCUT2D eigenvalue weighted by Gasteiger charge is -2.55. The number of benzene rings is 2. The van der Waals surface area contributed by atoms with Crippen molar-refractivity contribution in [1.82, 2.24) is 4.90 Å². The molecule has 0 amide bonds. The summed E-state index contributed by atoms with van der Waals surface area (Å²) in [6, 6.07) is 9.74. The Morgan fingerprint density at radius 3 is 2.55 bits per heavy atom. The quantitative estimate of drug-likeness (QED) is 0.776. The summed E-state index contributed by atoms with van der Waals surface area (Å²) in [4.78, 5) is 2.57. The first-order valence-electron chi connectivity index (χ1n) is 11.4. The Hall–Kier alpha value is -2.60. The Morgan fingerprint density at radius 2 is 1.77 bits per heavy atom. The number of likely N-dealkylation sites (tertiary alicyclic amines) is 1. The third kappa shape index (κ3) is 2.88. The van der Waals surface area contributed by atoms with Gasteiger partial charge < -0.3 is 24.1 Å². The van der Waals surface area contributed by atoms with Crippen molar-refractivity contribution in [3.8, 4) is 28.7 Å². The topological polar surface area (TPSA) is 60.4 Å². The molecular formula is C25H29NO5. The number of phenols is 1. The van der Waals surface area contributed by atoms with E-state index < -0.39 is 0 Å². The molecule has 6 nitrogen and oxygen atoms in total. The molecule has 3 aliphatic heterocycles. The number of hydrogen-bond acceptors (Lipinski definition) is 6. The second-order valence-electron chi connectivity index (χ2n) is 9.14. The monoisotopic (exact) mass is 423 g/mol. The van der Waals surface area contributed by atoms with Crippen LogP contribution in [-0.2, 0) is 0 Å². The molecule has 0 spiro atoms. The minimum atomic E-state index is -0.341. The van der Waals surface area contributed by atoms with E-state index in [9.17, 15) is 5.11 Å². The molecule has 4 aliphatic rings. The van der Waals surface area contributed by atoms with Gasteiger partial charge in [-0.2, -0.15) is 0 Å². The minimum absolute atomic E-state index is 0.0186. The van der Waals surface area contributed by atoms with Gasteiger partial charge in [-0.15, -0.1) is 0 Å². The molecule has 3 heterocycles. The van der Waals surface area contributed by atoms with Crippen LogP contribution < -0.4 is 18.9 Å². The summed E-state index contributed by atoms with van der Waals surface area (Å²) in [6.45, 7) is 2.37. The first-order chi connectivity index (χ1) is 15.2. The van der Waals surface area contributed by atoms with E-state index in [0.29, 0.717) is 5.75 Å². The summed E-state index contributed by atoms with van der Waals surface area (Å²) < 4.78 is 23.7. The predicted molar refractivity (Wildman–Crippen MR) is 115 cm³/mol. The van der Waals surface area contributed by atoms with Crippen molar-refractivity contribution in [3.05, 3.63) is 41.5 Å². The van der Waals surface area contributed by atoms with Gasteiger partial charge in [-0.05, 0) is 37.8 Å². The number of rotatable bonds is 3. The number of fused-ring (bicyclic) bond motifs is 3. The summed E-state index contributed by atoms with van der Waals surface area (Å²) in [5.74, 6) is 3.56. The van der Waals surface area contributed by atoms with Crippen LogP contribution in [0.3, 0.4) is 0 Å². The van der Waals surface area contributed by atoms with Crippen molar-refractivity contribution in [2.45, 2.75) is 50.2 Å². The molecule has 2 aromatic rings. The lowest BCUT2D eigenvalue weighted by Crippen LogP contribution is -2.61. The fourth-order valence-corrected chi connectivity index (χ4v) is 6.24. The Morgan fingerprint density at radius 1 is 0.968 bits per heavy atom. The third-order valence-electron chi connectivity index (χ3n) is 7.62. The third-order valence-corrected chi connectivity index (χ3v) is 7.62. The number of hydrogen-bond donors (Lipinski definition) is 1. The van der Waals surface area contributed by atoms with Crippen LogP contribution in [0.25, 0.3) is 0 Å². The Balaban J connectivity index is 1.55. The van der Waals surface area contributed by atoms with Crippen molar-refractivity contribution in [1.29, 1.82) is 0 Å². The first-order valence-corrected chi connectivity index (χ1v) is 11.4. The van der Waals surface area contributed by atoms with E-state index in [0.717, 1.165) is 60.7 Å². The van der Waals surface area contributed by atoms with Crippen LogP contribution in [0.1, 0.15) is 55.6 Å². The van der Waals surface area contributed by atoms with Gasteiger partial charge in [0.05, 0.1) is 7.11 Å². The summed E-state index contributed by atoms with van der Waals surface area (Å²) in [6.07, 6.45) is 6.85. The molecule has 1 aliphatic carbocycles. The summed E-state index contributed by atoms with van der Waals surface area (Å²) in [5, 5.41) is 11.0. The Labute approximate surface area is 182 Å². The van der Waals surface area contributed by atoms with Crippen LogP contribution in [0.5, 0.6) is 28.7 Å². The van der Waals surface area contributed by atoms with Crippen LogP contribution >= 0.6 is 0 Å². The molecule has 31 heavy (non-hydrogen) atoms. The smallest absolute Gasteiger partial charge is 0.231 e. The molecule has 164 valence electrons. The summed E-state index contributed by atoms with van der Waals surface area (Å²) >= 11 is 0. The molecule has 1 N–H and O–H groups in total. The molecule has 2 aromatic carbocycles. The van der Waals surface area contributed by atoms with Gasteiger partial charge in [0, 0.05) is 54.6 Å². The Kier molecular flexibility index (Phi) is 4.46. The fourth-order valence-electron chi connectivity index (χ4n) is 6.24. The molecule has 0 aromatic heterocycles. The second-order valence-corrected chi connectivity index (χ2v) is 9.14. The molecule has 0 radical (unpaired) electrons. The summed E-state index contributed by atoms with van der Waals surface area (Å²) in [5.41, 5.74) is 1.66. The van der Waals surface area contributed by atoms with Gasteiger partial charge in [0.2, 0.25) is 6.79 Å².